The van der Waals surface area contributed by atoms with Gasteiger partial charge in [-0.15, -0.1) is 0 Å². The summed E-state index contributed by atoms with van der Waals surface area (Å²) in [6, 6.07) is 12.7. The summed E-state index contributed by atoms with van der Waals surface area (Å²) < 4.78 is 1.92. The Bertz CT molecular complexity index is 1340. The van der Waals surface area contributed by atoms with Gasteiger partial charge in [0.15, 0.2) is 5.78 Å². The highest BCUT2D eigenvalue weighted by Crippen LogP contribution is 2.65. The van der Waals surface area contributed by atoms with Crippen LogP contribution in [0.2, 0.25) is 0 Å². The molecule has 0 unspecified atom stereocenters. The van der Waals surface area contributed by atoms with E-state index in [0.717, 1.165) is 17.2 Å². The molecule has 1 aromatic heterocycles. The fraction of sp³-hybridized carbons (Fsp3) is 0.320. The highest BCUT2D eigenvalue weighted by atomic mass is 16.6. The molecule has 0 amide bonds. The molecule has 7 heteroatoms. The highest BCUT2D eigenvalue weighted by molar-refractivity contribution is 6.17. The average molecular weight is 426 g/mol. The first-order valence-electron chi connectivity index (χ1n) is 10.9. The molecule has 3 fully saturated rings. The number of nitrogens with zero attached hydrogens (tertiary/aromatic N) is 4. The molecule has 3 saturated carbocycles. The van der Waals surface area contributed by atoms with Gasteiger partial charge in [-0.25, -0.2) is 4.98 Å². The van der Waals surface area contributed by atoms with Gasteiger partial charge in [-0.2, -0.15) is 0 Å². The quantitative estimate of drug-likeness (QED) is 0.335. The van der Waals surface area contributed by atoms with Crippen molar-refractivity contribution in [3.8, 4) is 5.69 Å². The minimum Gasteiger partial charge on any atom is -0.300 e. The number of carbonyl (C=O) groups excluding carboxylic acids is 1. The Balaban J connectivity index is 1.63. The fourth-order valence-electron chi connectivity index (χ4n) is 5.69. The lowest BCUT2D eigenvalue weighted by molar-refractivity contribution is -0.385. The largest absolute Gasteiger partial charge is 0.300 e. The number of para-hydroxylation sites is 1. The van der Waals surface area contributed by atoms with E-state index in [1.165, 1.54) is 37.8 Å². The van der Waals surface area contributed by atoms with Crippen LogP contribution in [0.1, 0.15) is 72.0 Å². The minimum atomic E-state index is -0.392. The highest BCUT2D eigenvalue weighted by Gasteiger charge is 2.57. The van der Waals surface area contributed by atoms with Crippen molar-refractivity contribution in [1.29, 1.82) is 0 Å². The third-order valence-corrected chi connectivity index (χ3v) is 7.37. The van der Waals surface area contributed by atoms with E-state index in [2.05, 4.69) is 23.2 Å². The van der Waals surface area contributed by atoms with Gasteiger partial charge in [-0.3, -0.25) is 24.5 Å². The minimum absolute atomic E-state index is 0.0248. The molecule has 2 aromatic carbocycles. The lowest BCUT2D eigenvalue weighted by Crippen LogP contribution is -2.55. The van der Waals surface area contributed by atoms with Crippen molar-refractivity contribution >= 4 is 17.2 Å². The molecular formula is C25H22N4O3. The van der Waals surface area contributed by atoms with Gasteiger partial charge in [0.25, 0.3) is 5.69 Å². The second-order valence-electron chi connectivity index (χ2n) is 9.32. The van der Waals surface area contributed by atoms with Gasteiger partial charge in [-0.1, -0.05) is 18.2 Å². The Morgan fingerprint density at radius 3 is 2.56 bits per heavy atom. The summed E-state index contributed by atoms with van der Waals surface area (Å²) in [4.78, 5) is 33.1. The van der Waals surface area contributed by atoms with Crippen molar-refractivity contribution in [3.05, 3.63) is 87.0 Å². The van der Waals surface area contributed by atoms with Gasteiger partial charge in [0, 0.05) is 18.6 Å². The second kappa shape index (κ2) is 6.45. The summed E-state index contributed by atoms with van der Waals surface area (Å²) in [7, 11) is 0. The lowest BCUT2D eigenvalue weighted by Gasteiger charge is -2.62. The number of ketones is 1. The molecule has 3 aliphatic carbocycles. The maximum atomic E-state index is 12.3. The number of aromatic nitrogens is 2. The number of benzene rings is 2. The number of nitro benzene ring substituents is 1. The van der Waals surface area contributed by atoms with E-state index >= 15 is 0 Å². The van der Waals surface area contributed by atoms with Crippen LogP contribution in [0.4, 0.5) is 5.69 Å². The van der Waals surface area contributed by atoms with Crippen molar-refractivity contribution in [1.82, 2.24) is 9.55 Å². The van der Waals surface area contributed by atoms with Crippen LogP contribution >= 0.6 is 0 Å². The molecule has 1 atom stereocenters. The first-order chi connectivity index (χ1) is 15.4. The molecule has 7 rings (SSSR count). The van der Waals surface area contributed by atoms with Crippen LogP contribution in [-0.2, 0) is 5.41 Å². The van der Waals surface area contributed by atoms with E-state index in [0.29, 0.717) is 22.7 Å². The molecule has 0 saturated heterocycles. The monoisotopic (exact) mass is 426 g/mol. The van der Waals surface area contributed by atoms with Crippen molar-refractivity contribution in [2.45, 2.75) is 44.6 Å². The fourth-order valence-corrected chi connectivity index (χ4v) is 5.69. The van der Waals surface area contributed by atoms with Gasteiger partial charge in [0.1, 0.15) is 12.0 Å². The van der Waals surface area contributed by atoms with E-state index < -0.39 is 6.04 Å². The van der Waals surface area contributed by atoms with Crippen LogP contribution < -0.4 is 0 Å². The maximum absolute atomic E-state index is 12.3. The number of rotatable bonds is 4. The number of carbonyl (C=O) groups is 1. The number of hydrogen-bond donors (Lipinski definition) is 0. The molecule has 160 valence electrons. The van der Waals surface area contributed by atoms with Crippen LogP contribution in [0.5, 0.6) is 0 Å². The number of aliphatic imine (C=N–C) groups is 1. The Kier molecular flexibility index (Phi) is 3.85. The van der Waals surface area contributed by atoms with Gasteiger partial charge in [0.05, 0.1) is 33.6 Å². The zero-order chi connectivity index (χ0) is 22.2. The van der Waals surface area contributed by atoms with E-state index in [4.69, 9.17) is 4.99 Å². The molecule has 0 N–H and O–H groups in total. The molecule has 2 bridgehead atoms. The van der Waals surface area contributed by atoms with Crippen molar-refractivity contribution in [2.24, 2.45) is 10.9 Å². The van der Waals surface area contributed by atoms with Crippen LogP contribution in [0, 0.1) is 16.0 Å². The Morgan fingerprint density at radius 2 is 1.91 bits per heavy atom. The first-order valence-corrected chi connectivity index (χ1v) is 10.9. The zero-order valence-electron chi connectivity index (χ0n) is 17.9. The summed E-state index contributed by atoms with van der Waals surface area (Å²) in [6.45, 7) is 3.41. The van der Waals surface area contributed by atoms with Crippen LogP contribution in [0.25, 0.3) is 5.69 Å². The van der Waals surface area contributed by atoms with Gasteiger partial charge < -0.3 is 0 Å². The van der Waals surface area contributed by atoms with E-state index in [-0.39, 0.29) is 21.8 Å². The molecule has 0 radical (unpaired) electrons. The number of imidazole rings is 1. The van der Waals surface area contributed by atoms with Crippen molar-refractivity contribution in [3.63, 3.8) is 0 Å². The Hall–Kier alpha value is -3.61. The molecule has 3 aromatic rings. The van der Waals surface area contributed by atoms with Gasteiger partial charge >= 0.3 is 0 Å². The van der Waals surface area contributed by atoms with Crippen LogP contribution in [0.15, 0.2) is 53.8 Å². The number of hydrogen-bond acceptors (Lipinski definition) is 5. The molecule has 0 spiro atoms. The predicted octanol–water partition coefficient (Wildman–Crippen LogP) is 4.95. The Morgan fingerprint density at radius 1 is 1.16 bits per heavy atom. The summed E-state index contributed by atoms with van der Waals surface area (Å²) in [5.41, 5.74) is 5.41. The van der Waals surface area contributed by atoms with Crippen LogP contribution in [-0.4, -0.2) is 26.0 Å². The average Bonchev–Trinajstić information content (AvgIpc) is 3.10. The smallest absolute Gasteiger partial charge is 0.278 e. The van der Waals surface area contributed by atoms with Crippen LogP contribution in [0.3, 0.4) is 0 Å². The van der Waals surface area contributed by atoms with Crippen molar-refractivity contribution in [2.75, 3.05) is 0 Å². The normalized spacial score (nSPS) is 24.9. The molecular weight excluding hydrogens is 404 g/mol. The van der Waals surface area contributed by atoms with Crippen molar-refractivity contribution < 1.29 is 9.72 Å². The Labute approximate surface area is 185 Å². The summed E-state index contributed by atoms with van der Waals surface area (Å²) >= 11 is 0. The third-order valence-electron chi connectivity index (χ3n) is 7.37. The maximum Gasteiger partial charge on any atom is 0.278 e. The van der Waals surface area contributed by atoms with E-state index in [1.807, 2.05) is 11.5 Å². The molecule has 32 heavy (non-hydrogen) atoms. The van der Waals surface area contributed by atoms with Gasteiger partial charge in [-0.05, 0) is 61.3 Å². The molecule has 2 heterocycles. The van der Waals surface area contributed by atoms with E-state index in [1.54, 1.807) is 24.5 Å². The summed E-state index contributed by atoms with van der Waals surface area (Å²) in [5.74, 6) is 0.720. The first kappa shape index (κ1) is 19.1. The number of fused-ring (bicyclic) bond motifs is 3. The summed E-state index contributed by atoms with van der Waals surface area (Å²) in [6.07, 6.45) is 5.31. The lowest BCUT2D eigenvalue weighted by atomic mass is 9.42. The third kappa shape index (κ3) is 2.51. The van der Waals surface area contributed by atoms with Gasteiger partial charge in [0.2, 0.25) is 0 Å². The molecule has 4 aliphatic rings. The van der Waals surface area contributed by atoms with E-state index in [9.17, 15) is 14.9 Å². The second-order valence-corrected chi connectivity index (χ2v) is 9.32. The number of Topliss-reactive ketones (excluding diaryl/α,β-unsaturated/α-hetero) is 1. The molecule has 7 nitrogen and oxygen atoms in total. The topological polar surface area (TPSA) is 90.4 Å². The number of nitro groups is 1. The molecule has 1 aliphatic heterocycles. The SMILES string of the molecule is CC(=O)c1ncn2c1[C@@H](C)N=C(c1ccccc1[N+](=O)[O-])c1cc(C34CC(C3)C4)ccc1-2. The summed E-state index contributed by atoms with van der Waals surface area (Å²) in [5, 5.41) is 11.8. The standard InChI is InChI=1S/C25H22N4O3/c1-14-24-22(15(2)30)26-13-28(24)20-8-7-17(25-10-16(11-25)12-25)9-19(20)23(27-14)18-5-3-4-6-21(18)29(31)32/h3-9,13-14,16H,10-12H2,1-2H3/t14-,16?,25?/m1/s1. The predicted molar refractivity (Wildman–Crippen MR) is 120 cm³/mol. The zero-order valence-corrected chi connectivity index (χ0v) is 17.9.